The zero-order valence-electron chi connectivity index (χ0n) is 28.0. The molecule has 1 aliphatic rings. The Balaban J connectivity index is 1.51. The van der Waals surface area contributed by atoms with E-state index in [9.17, 15) is 18.1 Å². The van der Waals surface area contributed by atoms with Crippen molar-refractivity contribution in [3.05, 3.63) is 127 Å². The van der Waals surface area contributed by atoms with Crippen LogP contribution in [0.15, 0.2) is 92.6 Å². The van der Waals surface area contributed by atoms with Crippen molar-refractivity contribution in [2.75, 3.05) is 33.0 Å². The van der Waals surface area contributed by atoms with E-state index < -0.39 is 55.0 Å². The molecule has 0 aliphatic carbocycles. The van der Waals surface area contributed by atoms with Crippen LogP contribution in [0.3, 0.4) is 0 Å². The van der Waals surface area contributed by atoms with Gasteiger partial charge in [-0.15, -0.1) is 24.9 Å². The van der Waals surface area contributed by atoms with Crippen molar-refractivity contribution < 1.29 is 50.3 Å². The van der Waals surface area contributed by atoms with E-state index in [2.05, 4.69) is 23.2 Å². The van der Waals surface area contributed by atoms with Gasteiger partial charge >= 0.3 is 13.8 Å². The van der Waals surface area contributed by atoms with E-state index >= 15 is 4.39 Å². The maximum atomic E-state index is 15.7. The lowest BCUT2D eigenvalue weighted by Gasteiger charge is -2.40. The summed E-state index contributed by atoms with van der Waals surface area (Å²) in [6.07, 6.45) is 10.9. The van der Waals surface area contributed by atoms with Crippen LogP contribution in [-0.2, 0) is 49.3 Å². The van der Waals surface area contributed by atoms with Gasteiger partial charge in [-0.1, -0.05) is 36.4 Å². The zero-order chi connectivity index (χ0) is 37.6. The number of carbonyl (C=O) groups excluding carboxylic acids is 1. The van der Waals surface area contributed by atoms with Gasteiger partial charge in [0.05, 0.1) is 49.9 Å². The summed E-state index contributed by atoms with van der Waals surface area (Å²) in [6, 6.07) is 8.91. The highest BCUT2D eigenvalue weighted by molar-refractivity contribution is 8.00. The summed E-state index contributed by atoms with van der Waals surface area (Å²) in [5.41, 5.74) is -1.52. The fourth-order valence-electron chi connectivity index (χ4n) is 4.89. The number of nitriles is 1. The van der Waals surface area contributed by atoms with Crippen LogP contribution in [0.1, 0.15) is 23.6 Å². The summed E-state index contributed by atoms with van der Waals surface area (Å²) in [7, 11) is -4.28. The minimum Gasteiger partial charge on any atom is -0.449 e. The Bertz CT molecular complexity index is 1820. The number of phosphoric ester groups is 1. The molecule has 276 valence electrons. The first-order chi connectivity index (χ1) is 25.0. The Labute approximate surface area is 303 Å². The lowest BCUT2D eigenvalue weighted by molar-refractivity contribution is -0.166. The SMILES string of the molecule is C=CCOP(=O)(OCC=C)OCC(=O)O[C@@](Cn1cncn1)(c1ccc(F)cc1F)[C@@H](C)S[C@H]1CO[C@H](/C=C/C=C/c2ccc(C#N)cc2F)OC1. The molecule has 2 heterocycles. The Hall–Kier alpha value is -4.33. The van der Waals surface area contributed by atoms with E-state index in [1.165, 1.54) is 65.5 Å². The molecule has 3 aromatic rings. The number of esters is 1. The van der Waals surface area contributed by atoms with E-state index in [0.717, 1.165) is 12.1 Å². The van der Waals surface area contributed by atoms with Crippen LogP contribution in [0.2, 0.25) is 0 Å². The van der Waals surface area contributed by atoms with Crippen molar-refractivity contribution >= 4 is 31.6 Å². The van der Waals surface area contributed by atoms with Crippen LogP contribution in [-0.4, -0.2) is 70.6 Å². The first-order valence-corrected chi connectivity index (χ1v) is 18.1. The maximum Gasteiger partial charge on any atom is 0.475 e. The molecule has 2 atom stereocenters. The standard InChI is InChI=1S/C35H36F3N4O8PS/c1-4-14-47-51(44,48-15-5-2)49-21-33(43)50-35(22-42-24-40-23-41-42,30-13-12-28(36)17-32(30)38)25(3)52-29-19-45-34(46-20-29)9-7-6-8-27-11-10-26(18-39)16-31(27)37/h4-13,16-17,23-25,29,34H,1-2,14-15,19-22H2,3H3/b8-6+,9-7+/t25-,29-,34-,35-/m1/s1. The highest BCUT2D eigenvalue weighted by Gasteiger charge is 2.47. The number of phosphoric acid groups is 1. The Morgan fingerprint density at radius 3 is 2.46 bits per heavy atom. The quantitative estimate of drug-likeness (QED) is 0.0557. The molecule has 2 aromatic carbocycles. The van der Waals surface area contributed by atoms with Gasteiger partial charge in [-0.2, -0.15) is 10.4 Å². The number of rotatable bonds is 19. The van der Waals surface area contributed by atoms with Gasteiger partial charge in [-0.25, -0.2) is 32.2 Å². The van der Waals surface area contributed by atoms with Crippen LogP contribution in [0, 0.1) is 28.8 Å². The molecule has 0 spiro atoms. The molecule has 4 rings (SSSR count). The van der Waals surface area contributed by atoms with Crippen LogP contribution in [0.4, 0.5) is 13.2 Å². The van der Waals surface area contributed by atoms with Crippen molar-refractivity contribution in [2.45, 2.75) is 35.9 Å². The summed E-state index contributed by atoms with van der Waals surface area (Å²) in [5, 5.41) is 11.9. The number of allylic oxidation sites excluding steroid dienone is 2. The molecule has 0 saturated carbocycles. The monoisotopic (exact) mass is 760 g/mol. The molecule has 17 heteroatoms. The van der Waals surface area contributed by atoms with Gasteiger partial charge in [0.25, 0.3) is 0 Å². The largest absolute Gasteiger partial charge is 0.475 e. The number of ether oxygens (including phenoxy) is 3. The summed E-state index contributed by atoms with van der Waals surface area (Å²) in [5.74, 6) is -3.45. The van der Waals surface area contributed by atoms with Crippen LogP contribution < -0.4 is 0 Å². The number of hydrogen-bond donors (Lipinski definition) is 0. The topological polar surface area (TPSA) is 144 Å². The summed E-state index contributed by atoms with van der Waals surface area (Å²) >= 11 is 1.26. The van der Waals surface area contributed by atoms with Gasteiger partial charge in [0.1, 0.15) is 30.1 Å². The highest BCUT2D eigenvalue weighted by Crippen LogP contribution is 2.49. The molecular weight excluding hydrogens is 724 g/mol. The molecule has 0 bridgehead atoms. The molecule has 1 aliphatic heterocycles. The minimum atomic E-state index is -4.28. The molecule has 0 N–H and O–H groups in total. The predicted octanol–water partition coefficient (Wildman–Crippen LogP) is 6.67. The molecule has 1 fully saturated rings. The Morgan fingerprint density at radius 2 is 1.85 bits per heavy atom. The molecule has 52 heavy (non-hydrogen) atoms. The average molecular weight is 761 g/mol. The number of aromatic nitrogens is 3. The smallest absolute Gasteiger partial charge is 0.449 e. The first kappa shape index (κ1) is 40.4. The highest BCUT2D eigenvalue weighted by atomic mass is 32.2. The second-order valence-electron chi connectivity index (χ2n) is 11.0. The van der Waals surface area contributed by atoms with Gasteiger partial charge in [-0.3, -0.25) is 13.6 Å². The molecule has 0 unspecified atom stereocenters. The minimum absolute atomic E-state index is 0.171. The van der Waals surface area contributed by atoms with Gasteiger partial charge < -0.3 is 14.2 Å². The van der Waals surface area contributed by atoms with Gasteiger partial charge in [0.15, 0.2) is 18.5 Å². The van der Waals surface area contributed by atoms with Crippen LogP contribution >= 0.6 is 19.6 Å². The number of nitrogens with zero attached hydrogens (tertiary/aromatic N) is 4. The van der Waals surface area contributed by atoms with Crippen molar-refractivity contribution in [1.29, 1.82) is 5.26 Å². The second kappa shape index (κ2) is 19.5. The third-order valence-electron chi connectivity index (χ3n) is 7.32. The summed E-state index contributed by atoms with van der Waals surface area (Å²) in [6.45, 7) is 7.37. The van der Waals surface area contributed by atoms with E-state index in [0.29, 0.717) is 11.6 Å². The Kier molecular flexibility index (Phi) is 15.2. The van der Waals surface area contributed by atoms with E-state index in [1.807, 2.05) is 6.07 Å². The average Bonchev–Trinajstić information content (AvgIpc) is 3.64. The predicted molar refractivity (Wildman–Crippen MR) is 186 cm³/mol. The fraction of sp³-hybridized carbons (Fsp3) is 0.314. The third kappa shape index (κ3) is 11.3. The molecule has 0 amide bonds. The van der Waals surface area contributed by atoms with Crippen molar-refractivity contribution in [1.82, 2.24) is 14.8 Å². The van der Waals surface area contributed by atoms with Gasteiger partial charge in [-0.05, 0) is 37.3 Å². The number of carbonyl (C=O) groups is 1. The lowest BCUT2D eigenvalue weighted by Crippen LogP contribution is -2.47. The second-order valence-corrected chi connectivity index (χ2v) is 14.3. The third-order valence-corrected chi connectivity index (χ3v) is 10.1. The molecular formula is C35H36F3N4O8PS. The fourth-order valence-corrected chi connectivity index (χ4v) is 7.31. The first-order valence-electron chi connectivity index (χ1n) is 15.7. The van der Waals surface area contributed by atoms with E-state index in [4.69, 9.17) is 33.0 Å². The normalized spacial score (nSPS) is 18.1. The number of halogens is 3. The van der Waals surface area contributed by atoms with Crippen molar-refractivity contribution in [2.24, 2.45) is 0 Å². The molecule has 12 nitrogen and oxygen atoms in total. The number of thioether (sulfide) groups is 1. The summed E-state index contributed by atoms with van der Waals surface area (Å²) in [4.78, 5) is 17.4. The van der Waals surface area contributed by atoms with Crippen molar-refractivity contribution in [3.63, 3.8) is 0 Å². The van der Waals surface area contributed by atoms with Crippen LogP contribution in [0.25, 0.3) is 6.08 Å². The lowest BCUT2D eigenvalue weighted by atomic mass is 9.89. The van der Waals surface area contributed by atoms with Crippen LogP contribution in [0.5, 0.6) is 0 Å². The van der Waals surface area contributed by atoms with E-state index in [1.54, 1.807) is 25.2 Å². The molecule has 0 radical (unpaired) electrons. The zero-order valence-corrected chi connectivity index (χ0v) is 29.7. The Morgan fingerprint density at radius 1 is 1.12 bits per heavy atom. The molecule has 1 aromatic heterocycles. The number of benzene rings is 2. The van der Waals surface area contributed by atoms with E-state index in [-0.39, 0.29) is 49.3 Å². The number of hydrogen-bond acceptors (Lipinski definition) is 12. The van der Waals surface area contributed by atoms with Gasteiger partial charge in [0, 0.05) is 22.4 Å². The van der Waals surface area contributed by atoms with Crippen molar-refractivity contribution in [3.8, 4) is 6.07 Å². The van der Waals surface area contributed by atoms with Gasteiger partial charge in [0.2, 0.25) is 0 Å². The maximum absolute atomic E-state index is 15.7. The molecule has 1 saturated heterocycles. The summed E-state index contributed by atoms with van der Waals surface area (Å²) < 4.78 is 91.6.